The number of halogens is 3. The Morgan fingerprint density at radius 1 is 0.900 bits per heavy atom. The van der Waals surface area contributed by atoms with Gasteiger partial charge in [-0.2, -0.15) is 4.99 Å². The molecule has 2 N–H and O–H groups in total. The van der Waals surface area contributed by atoms with Gasteiger partial charge < -0.3 is 5.73 Å². The molecule has 20 heavy (non-hydrogen) atoms. The molecule has 0 bridgehead atoms. The molecule has 0 fully saturated rings. The predicted molar refractivity (Wildman–Crippen MR) is 86.4 cm³/mol. The van der Waals surface area contributed by atoms with Crippen LogP contribution in [0.25, 0.3) is 0 Å². The molecule has 0 amide bonds. The summed E-state index contributed by atoms with van der Waals surface area (Å²) in [5.74, 6) is 0. The first kappa shape index (κ1) is 18.5. The summed E-state index contributed by atoms with van der Waals surface area (Å²) in [4.78, 5) is 13.1. The van der Waals surface area contributed by atoms with Gasteiger partial charge in [-0.05, 0) is 24.3 Å². The summed E-state index contributed by atoms with van der Waals surface area (Å²) in [6.45, 7) is 0. The second-order valence-electron chi connectivity index (χ2n) is 3.20. The number of hydrogen-bond acceptors (Lipinski definition) is 3. The Balaban J connectivity index is 0.000000293. The fourth-order valence-corrected chi connectivity index (χ4v) is 1.01. The number of nitrogen functional groups attached to an aromatic ring is 1. The van der Waals surface area contributed by atoms with Crippen molar-refractivity contribution in [2.45, 2.75) is 4.30 Å². The van der Waals surface area contributed by atoms with Gasteiger partial charge >= 0.3 is 0 Å². The standard InChI is InChI=1S/C7H5NO.C6H7N.CHCl3/c9-6-8-7-4-2-1-3-5-7;7-6-4-2-1-3-5-6;2-1(3)4/h1-5H;1-5H,7H2;1H. The quantitative estimate of drug-likeness (QED) is 0.349. The predicted octanol–water partition coefficient (Wildman–Crippen LogP) is 4.91. The highest BCUT2D eigenvalue weighted by atomic mass is 35.6. The van der Waals surface area contributed by atoms with Gasteiger partial charge in [0.15, 0.2) is 4.30 Å². The minimum atomic E-state index is -0.750. The minimum absolute atomic E-state index is 0.646. The van der Waals surface area contributed by atoms with Crippen LogP contribution in [0.4, 0.5) is 11.4 Å². The maximum Gasteiger partial charge on any atom is 0.240 e. The molecule has 3 nitrogen and oxygen atoms in total. The largest absolute Gasteiger partial charge is 0.399 e. The zero-order chi connectivity index (χ0) is 15.2. The average molecular weight is 332 g/mol. The Hall–Kier alpha value is -1.51. The summed E-state index contributed by atoms with van der Waals surface area (Å²) in [5, 5.41) is 0. The van der Waals surface area contributed by atoms with Gasteiger partial charge in [0, 0.05) is 5.69 Å². The van der Waals surface area contributed by atoms with Crippen LogP contribution in [0.15, 0.2) is 65.7 Å². The van der Waals surface area contributed by atoms with Crippen LogP contribution >= 0.6 is 34.8 Å². The third kappa shape index (κ3) is 12.9. The number of nitrogens with zero attached hydrogens (tertiary/aromatic N) is 1. The van der Waals surface area contributed by atoms with Gasteiger partial charge in [-0.25, -0.2) is 4.79 Å². The molecule has 0 unspecified atom stereocenters. The molecule has 2 aromatic rings. The first-order chi connectivity index (χ1) is 9.56. The van der Waals surface area contributed by atoms with Crippen molar-refractivity contribution in [1.82, 2.24) is 0 Å². The van der Waals surface area contributed by atoms with Crippen molar-refractivity contribution in [2.24, 2.45) is 4.99 Å². The molecule has 0 saturated carbocycles. The number of isocyanates is 1. The molecular formula is C14H13Cl3N2O. The molecule has 2 aromatic carbocycles. The molecule has 0 aliphatic rings. The van der Waals surface area contributed by atoms with Gasteiger partial charge in [-0.3, -0.25) is 0 Å². The number of para-hydroxylation sites is 2. The maximum absolute atomic E-state index is 9.68. The number of hydrogen-bond donors (Lipinski definition) is 1. The summed E-state index contributed by atoms with van der Waals surface area (Å²) in [7, 11) is 0. The van der Waals surface area contributed by atoms with Crippen LogP contribution in [-0.4, -0.2) is 10.4 Å². The van der Waals surface area contributed by atoms with Gasteiger partial charge in [-0.15, -0.1) is 0 Å². The van der Waals surface area contributed by atoms with Crippen molar-refractivity contribution in [3.63, 3.8) is 0 Å². The van der Waals surface area contributed by atoms with Crippen LogP contribution in [0, 0.1) is 0 Å². The first-order valence-corrected chi connectivity index (χ1v) is 6.73. The lowest BCUT2D eigenvalue weighted by molar-refractivity contribution is 0.565. The maximum atomic E-state index is 9.68. The van der Waals surface area contributed by atoms with E-state index in [-0.39, 0.29) is 0 Å². The number of benzene rings is 2. The van der Waals surface area contributed by atoms with Gasteiger partial charge in [0.05, 0.1) is 5.69 Å². The molecular weight excluding hydrogens is 319 g/mol. The van der Waals surface area contributed by atoms with Crippen LogP contribution in [0.2, 0.25) is 0 Å². The van der Waals surface area contributed by atoms with E-state index in [1.807, 2.05) is 48.5 Å². The average Bonchev–Trinajstić information content (AvgIpc) is 2.41. The van der Waals surface area contributed by atoms with Crippen LogP contribution in [0.5, 0.6) is 0 Å². The smallest absolute Gasteiger partial charge is 0.240 e. The van der Waals surface area contributed by atoms with E-state index >= 15 is 0 Å². The highest BCUT2D eigenvalue weighted by molar-refractivity contribution is 6.63. The summed E-state index contributed by atoms with van der Waals surface area (Å²) >= 11 is 14.4. The topological polar surface area (TPSA) is 55.5 Å². The Labute approximate surface area is 133 Å². The molecule has 2 rings (SSSR count). The molecule has 0 aromatic heterocycles. The lowest BCUT2D eigenvalue weighted by Crippen LogP contribution is -1.79. The monoisotopic (exact) mass is 330 g/mol. The molecule has 0 spiro atoms. The summed E-state index contributed by atoms with van der Waals surface area (Å²) in [6, 6.07) is 18.5. The SMILES string of the molecule is ClC(Cl)Cl.Nc1ccccc1.O=C=Nc1ccccc1. The fourth-order valence-electron chi connectivity index (χ4n) is 1.01. The van der Waals surface area contributed by atoms with Gasteiger partial charge in [-0.1, -0.05) is 71.2 Å². The van der Waals surface area contributed by atoms with E-state index in [0.29, 0.717) is 5.69 Å². The molecule has 0 atom stereocenters. The number of nitrogens with two attached hydrogens (primary N) is 1. The van der Waals surface area contributed by atoms with Gasteiger partial charge in [0.1, 0.15) is 0 Å². The van der Waals surface area contributed by atoms with Crippen LogP contribution < -0.4 is 5.73 Å². The Morgan fingerprint density at radius 2 is 1.30 bits per heavy atom. The number of alkyl halides is 3. The Morgan fingerprint density at radius 3 is 1.60 bits per heavy atom. The Bertz CT molecular complexity index is 498. The van der Waals surface area contributed by atoms with Crippen molar-refractivity contribution in [3.8, 4) is 0 Å². The second-order valence-corrected chi connectivity index (χ2v) is 5.18. The number of carbonyl (C=O) groups excluding carboxylic acids is 1. The lowest BCUT2D eigenvalue weighted by atomic mass is 10.3. The molecule has 0 saturated heterocycles. The second kappa shape index (κ2) is 12.5. The highest BCUT2D eigenvalue weighted by Crippen LogP contribution is 2.07. The van der Waals surface area contributed by atoms with Crippen molar-refractivity contribution < 1.29 is 4.79 Å². The number of anilines is 1. The van der Waals surface area contributed by atoms with Crippen molar-refractivity contribution in [2.75, 3.05) is 5.73 Å². The summed E-state index contributed by atoms with van der Waals surface area (Å²) in [5.41, 5.74) is 6.83. The van der Waals surface area contributed by atoms with Crippen LogP contribution in [-0.2, 0) is 4.79 Å². The highest BCUT2D eigenvalue weighted by Gasteiger charge is 1.80. The molecule has 0 aliphatic carbocycles. The fraction of sp³-hybridized carbons (Fsp3) is 0.0714. The van der Waals surface area contributed by atoms with Crippen molar-refractivity contribution >= 4 is 52.3 Å². The van der Waals surface area contributed by atoms with E-state index in [1.54, 1.807) is 12.1 Å². The van der Waals surface area contributed by atoms with E-state index in [4.69, 9.17) is 40.5 Å². The van der Waals surface area contributed by atoms with Crippen molar-refractivity contribution in [1.29, 1.82) is 0 Å². The van der Waals surface area contributed by atoms with Gasteiger partial charge in [0.2, 0.25) is 6.08 Å². The third-order valence-corrected chi connectivity index (χ3v) is 1.73. The zero-order valence-electron chi connectivity index (χ0n) is 10.4. The first-order valence-electron chi connectivity index (χ1n) is 5.42. The molecule has 0 aliphatic heterocycles. The molecule has 6 heteroatoms. The molecule has 106 valence electrons. The normalized spacial score (nSPS) is 8.40. The van der Waals surface area contributed by atoms with E-state index in [1.165, 1.54) is 6.08 Å². The van der Waals surface area contributed by atoms with E-state index < -0.39 is 4.30 Å². The summed E-state index contributed by atoms with van der Waals surface area (Å²) < 4.78 is -0.750. The van der Waals surface area contributed by atoms with E-state index in [0.717, 1.165) is 5.69 Å². The van der Waals surface area contributed by atoms with Crippen LogP contribution in [0.1, 0.15) is 0 Å². The lowest BCUT2D eigenvalue weighted by Gasteiger charge is -1.83. The third-order valence-electron chi connectivity index (χ3n) is 1.73. The zero-order valence-corrected chi connectivity index (χ0v) is 12.7. The van der Waals surface area contributed by atoms with Gasteiger partial charge in [0.25, 0.3) is 0 Å². The molecule has 0 radical (unpaired) electrons. The summed E-state index contributed by atoms with van der Waals surface area (Å²) in [6.07, 6.45) is 1.46. The van der Waals surface area contributed by atoms with E-state index in [9.17, 15) is 4.79 Å². The number of rotatable bonds is 1. The van der Waals surface area contributed by atoms with Crippen LogP contribution in [0.3, 0.4) is 0 Å². The molecule has 0 heterocycles. The minimum Gasteiger partial charge on any atom is -0.399 e. The van der Waals surface area contributed by atoms with E-state index in [2.05, 4.69) is 4.99 Å². The van der Waals surface area contributed by atoms with Crippen molar-refractivity contribution in [3.05, 3.63) is 60.7 Å². The number of aliphatic imine (C=N–C) groups is 1. The Kier molecular flexibility index (Phi) is 11.6.